The molecule has 3 fully saturated rings. The van der Waals surface area contributed by atoms with E-state index in [1.54, 1.807) is 17.0 Å². The van der Waals surface area contributed by atoms with Crippen molar-refractivity contribution in [2.24, 2.45) is 5.92 Å². The monoisotopic (exact) mass is 743 g/mol. The van der Waals surface area contributed by atoms with Crippen LogP contribution in [0, 0.1) is 11.7 Å². The molecule has 5 heterocycles. The van der Waals surface area contributed by atoms with Crippen LogP contribution in [0.5, 0.6) is 11.5 Å². The molecule has 0 bridgehead atoms. The fourth-order valence-electron chi connectivity index (χ4n) is 9.39. The largest absolute Gasteiger partial charge is 0.508 e. The zero-order valence-corrected chi connectivity index (χ0v) is 30.8. The summed E-state index contributed by atoms with van der Waals surface area (Å²) in [6, 6.07) is 26.4. The molecule has 2 unspecified atom stereocenters. The number of phenolic OH excluding ortho intramolecular Hbond substituents is 1. The smallest absolute Gasteiger partial charge is 0.255 e. The van der Waals surface area contributed by atoms with Crippen LogP contribution in [0.4, 0.5) is 15.8 Å². The molecule has 3 saturated heterocycles. The number of phenols is 1. The molecular formula is C44H46FN5O5. The Bertz CT molecular complexity index is 2090. The number of imide groups is 1. The van der Waals surface area contributed by atoms with Gasteiger partial charge in [0.05, 0.1) is 6.61 Å². The molecule has 9 rings (SSSR count). The molecule has 0 saturated carbocycles. The molecule has 0 aliphatic carbocycles. The molecule has 4 aromatic rings. The Balaban J connectivity index is 0.783. The average molecular weight is 744 g/mol. The van der Waals surface area contributed by atoms with Gasteiger partial charge < -0.3 is 24.5 Å². The van der Waals surface area contributed by atoms with Crippen molar-refractivity contribution in [3.63, 3.8) is 0 Å². The number of fused-ring (bicyclic) bond motifs is 2. The number of nitrogens with zero attached hydrogens (tertiary/aromatic N) is 4. The van der Waals surface area contributed by atoms with E-state index in [1.807, 2.05) is 30.3 Å². The molecule has 2 N–H and O–H groups in total. The van der Waals surface area contributed by atoms with Crippen LogP contribution in [0.15, 0.2) is 84.9 Å². The molecule has 3 atom stereocenters. The minimum atomic E-state index is -0.598. The average Bonchev–Trinajstić information content (AvgIpc) is 3.53. The van der Waals surface area contributed by atoms with Crippen LogP contribution >= 0.6 is 0 Å². The van der Waals surface area contributed by atoms with Gasteiger partial charge in [0.15, 0.2) is 0 Å². The van der Waals surface area contributed by atoms with Crippen molar-refractivity contribution in [3.05, 3.63) is 119 Å². The van der Waals surface area contributed by atoms with Crippen LogP contribution in [-0.2, 0) is 16.1 Å². The zero-order chi connectivity index (χ0) is 37.6. The van der Waals surface area contributed by atoms with Gasteiger partial charge in [-0.1, -0.05) is 30.3 Å². The predicted molar refractivity (Wildman–Crippen MR) is 207 cm³/mol. The molecule has 0 radical (unpaired) electrons. The third-order valence-corrected chi connectivity index (χ3v) is 12.4. The summed E-state index contributed by atoms with van der Waals surface area (Å²) in [5, 5.41) is 12.5. The number of rotatable bonds is 7. The highest BCUT2D eigenvalue weighted by Crippen LogP contribution is 2.47. The molecule has 5 aliphatic rings. The Kier molecular flexibility index (Phi) is 9.41. The Morgan fingerprint density at radius 3 is 2.22 bits per heavy atom. The number of anilines is 2. The number of hydrogen-bond donors (Lipinski definition) is 2. The lowest BCUT2D eigenvalue weighted by atomic mass is 9.76. The molecule has 4 aromatic carbocycles. The normalized spacial score (nSPS) is 23.3. The Labute approximate surface area is 320 Å². The second-order valence-electron chi connectivity index (χ2n) is 15.7. The number of piperazine rings is 1. The molecule has 5 aliphatic heterocycles. The van der Waals surface area contributed by atoms with E-state index >= 15 is 0 Å². The summed E-state index contributed by atoms with van der Waals surface area (Å²) in [6.07, 6.45) is 2.91. The summed E-state index contributed by atoms with van der Waals surface area (Å²) in [7, 11) is 0. The second kappa shape index (κ2) is 14.7. The minimum absolute atomic E-state index is 0.0114. The number of hydrogen-bond acceptors (Lipinski definition) is 8. The van der Waals surface area contributed by atoms with Crippen LogP contribution in [0.2, 0.25) is 0 Å². The molecule has 11 heteroatoms. The second-order valence-corrected chi connectivity index (χ2v) is 15.7. The summed E-state index contributed by atoms with van der Waals surface area (Å²) in [5.74, 6) is 0.494. The van der Waals surface area contributed by atoms with E-state index in [-0.39, 0.29) is 47.5 Å². The lowest BCUT2D eigenvalue weighted by Gasteiger charge is -2.40. The van der Waals surface area contributed by atoms with Gasteiger partial charge in [-0.05, 0) is 90.4 Å². The van der Waals surface area contributed by atoms with Gasteiger partial charge in [0.1, 0.15) is 23.4 Å². The van der Waals surface area contributed by atoms with E-state index in [1.165, 1.54) is 23.4 Å². The van der Waals surface area contributed by atoms with Crippen molar-refractivity contribution >= 4 is 29.1 Å². The topological polar surface area (TPSA) is 106 Å². The van der Waals surface area contributed by atoms with Gasteiger partial charge in [-0.3, -0.25) is 24.6 Å². The Morgan fingerprint density at radius 1 is 0.764 bits per heavy atom. The predicted octanol–water partition coefficient (Wildman–Crippen LogP) is 5.64. The van der Waals surface area contributed by atoms with Crippen molar-refractivity contribution < 1.29 is 28.6 Å². The molecule has 3 amide bonds. The van der Waals surface area contributed by atoms with E-state index in [2.05, 4.69) is 50.3 Å². The third kappa shape index (κ3) is 7.01. The zero-order valence-electron chi connectivity index (χ0n) is 30.8. The van der Waals surface area contributed by atoms with E-state index in [0.717, 1.165) is 81.0 Å². The van der Waals surface area contributed by atoms with E-state index in [0.29, 0.717) is 36.8 Å². The minimum Gasteiger partial charge on any atom is -0.508 e. The Morgan fingerprint density at radius 2 is 1.47 bits per heavy atom. The summed E-state index contributed by atoms with van der Waals surface area (Å²) in [4.78, 5) is 46.3. The van der Waals surface area contributed by atoms with E-state index in [9.17, 15) is 23.9 Å². The molecular weight excluding hydrogens is 698 g/mol. The summed E-state index contributed by atoms with van der Waals surface area (Å²) < 4.78 is 19.9. The number of aromatic hydroxyl groups is 1. The number of carbonyl (C=O) groups excluding carboxylic acids is 3. The fraction of sp³-hybridized carbons (Fsp3) is 0.386. The summed E-state index contributed by atoms with van der Waals surface area (Å²) in [6.45, 7) is 7.82. The van der Waals surface area contributed by atoms with Gasteiger partial charge in [-0.15, -0.1) is 0 Å². The maximum atomic E-state index is 13.8. The number of carbonyl (C=O) groups is 3. The first-order chi connectivity index (χ1) is 26.8. The number of halogens is 1. The number of piperidine rings is 2. The van der Waals surface area contributed by atoms with Crippen molar-refractivity contribution in [2.45, 2.75) is 50.1 Å². The van der Waals surface area contributed by atoms with Gasteiger partial charge in [0.25, 0.3) is 5.91 Å². The first-order valence-corrected chi connectivity index (χ1v) is 19.6. The van der Waals surface area contributed by atoms with Gasteiger partial charge in [-0.2, -0.15) is 0 Å². The van der Waals surface area contributed by atoms with Gasteiger partial charge in [-0.25, -0.2) is 4.39 Å². The number of nitrogens with one attached hydrogen (secondary N) is 1. The maximum absolute atomic E-state index is 13.8. The first-order valence-electron chi connectivity index (χ1n) is 19.6. The number of benzene rings is 4. The highest BCUT2D eigenvalue weighted by atomic mass is 19.1. The standard InChI is InChI=1S/C44H46FN5O5/c45-32-5-1-29(2-6-32)38-27-55-40-24-35(51)10-12-37(40)42(38)30-3-7-33(8-4-30)48-17-15-28(16-18-48)25-47-19-21-49(22-20-47)34-9-11-36-31(23-34)26-50(44(36)54)39-13-14-41(52)46-43(39)53/h1-12,23-24,28,38-39,42,51H,13-22,25-27H2,(H,46,52,53)/t38?,39-,42?/m0/s1. The van der Waals surface area contributed by atoms with Crippen molar-refractivity contribution in [3.8, 4) is 11.5 Å². The van der Waals surface area contributed by atoms with Crippen molar-refractivity contribution in [2.75, 3.05) is 62.2 Å². The fourth-order valence-corrected chi connectivity index (χ4v) is 9.39. The number of ether oxygens (including phenoxy) is 1. The van der Waals surface area contributed by atoms with E-state index in [4.69, 9.17) is 4.74 Å². The highest BCUT2D eigenvalue weighted by molar-refractivity contribution is 6.05. The molecule has 10 nitrogen and oxygen atoms in total. The molecule has 0 aromatic heterocycles. The third-order valence-electron chi connectivity index (χ3n) is 12.4. The summed E-state index contributed by atoms with van der Waals surface area (Å²) >= 11 is 0. The lowest BCUT2D eigenvalue weighted by molar-refractivity contribution is -0.136. The van der Waals surface area contributed by atoms with Gasteiger partial charge >= 0.3 is 0 Å². The van der Waals surface area contributed by atoms with Crippen molar-refractivity contribution in [1.29, 1.82) is 0 Å². The quantitative estimate of drug-likeness (QED) is 0.235. The molecule has 55 heavy (non-hydrogen) atoms. The van der Waals surface area contributed by atoms with Gasteiger partial charge in [0.2, 0.25) is 11.8 Å². The van der Waals surface area contributed by atoms with Crippen molar-refractivity contribution in [1.82, 2.24) is 15.1 Å². The Hall–Kier alpha value is -5.42. The summed E-state index contributed by atoms with van der Waals surface area (Å²) in [5.41, 5.74) is 7.15. The van der Waals surface area contributed by atoms with Crippen LogP contribution in [0.3, 0.4) is 0 Å². The van der Waals surface area contributed by atoms with Crippen LogP contribution in [0.25, 0.3) is 0 Å². The SMILES string of the molecule is O=C1CC[C@H](N2Cc3cc(N4CCN(CC5CCN(c6ccc(C7c8ccc(O)cc8OCC7c7ccc(F)cc7)cc6)CC5)CC4)ccc3C2=O)C(=O)N1. The first kappa shape index (κ1) is 35.3. The van der Waals surface area contributed by atoms with Crippen LogP contribution in [0.1, 0.15) is 70.1 Å². The molecule has 0 spiro atoms. The lowest BCUT2D eigenvalue weighted by Crippen LogP contribution is -2.52. The number of amides is 3. The van der Waals surface area contributed by atoms with Gasteiger partial charge in [0, 0.05) is 99.2 Å². The van der Waals surface area contributed by atoms with Crippen LogP contribution < -0.4 is 19.9 Å². The highest BCUT2D eigenvalue weighted by Gasteiger charge is 2.39. The maximum Gasteiger partial charge on any atom is 0.255 e. The molecule has 284 valence electrons. The van der Waals surface area contributed by atoms with Crippen LogP contribution in [-0.4, -0.2) is 91.1 Å². The van der Waals surface area contributed by atoms with E-state index < -0.39 is 6.04 Å².